The van der Waals surface area contributed by atoms with Gasteiger partial charge in [0.25, 0.3) is 11.8 Å². The average molecular weight is 1050 g/mol. The predicted molar refractivity (Wildman–Crippen MR) is 279 cm³/mol. The molecule has 2 aromatic carbocycles. The van der Waals surface area contributed by atoms with E-state index in [1.54, 1.807) is 85.4 Å². The molecular weight excluding hydrogens is 996 g/mol. The van der Waals surface area contributed by atoms with E-state index in [1.807, 2.05) is 6.07 Å². The normalized spacial score (nSPS) is 17.3. The van der Waals surface area contributed by atoms with E-state index in [0.29, 0.717) is 82.5 Å². The summed E-state index contributed by atoms with van der Waals surface area (Å²) in [6.45, 7) is 3.04. The highest BCUT2D eigenvalue weighted by molar-refractivity contribution is 6.30. The van der Waals surface area contributed by atoms with Crippen LogP contribution in [0.3, 0.4) is 0 Å². The molecule has 5 N–H and O–H groups in total. The van der Waals surface area contributed by atoms with E-state index >= 15 is 0 Å². The van der Waals surface area contributed by atoms with Crippen LogP contribution in [0.25, 0.3) is 21.9 Å². The summed E-state index contributed by atoms with van der Waals surface area (Å²) in [5.74, 6) is -2.14. The fourth-order valence-corrected chi connectivity index (χ4v) is 9.38. The molecule has 2 aliphatic carbocycles. The second-order valence-corrected chi connectivity index (χ2v) is 19.3. The van der Waals surface area contributed by atoms with Crippen molar-refractivity contribution in [2.75, 3.05) is 49.1 Å². The van der Waals surface area contributed by atoms with E-state index in [2.05, 4.69) is 31.2 Å². The maximum Gasteiger partial charge on any atom is 0.309 e. The van der Waals surface area contributed by atoms with Crippen molar-refractivity contribution in [3.63, 3.8) is 0 Å². The van der Waals surface area contributed by atoms with Gasteiger partial charge in [-0.05, 0) is 117 Å². The first-order chi connectivity index (χ1) is 35.4. The fourth-order valence-electron chi connectivity index (χ4n) is 9.15. The SMILES string of the molecule is CC(=O)N(C)C1CCC(C(=O)Nc2c(C(=O)Nc3ccc(Cl)cn3)oc3ccc(CCO)cc23)CC1.COC(=O)Cc1ccc2oc(C(=O)Nc3ccc(Cl)cn3)c(NC(=O)C3CCC(N(C)C(C)=O)CC3)c2c1. The molecule has 2 saturated carbocycles. The van der Waals surface area contributed by atoms with E-state index < -0.39 is 17.8 Å². The number of nitrogens with zero attached hydrogens (tertiary/aromatic N) is 4. The molecule has 0 atom stereocenters. The Morgan fingerprint density at radius 3 is 1.42 bits per heavy atom. The minimum Gasteiger partial charge on any atom is -0.469 e. The summed E-state index contributed by atoms with van der Waals surface area (Å²) < 4.78 is 16.5. The molecule has 4 heterocycles. The molecule has 2 fully saturated rings. The van der Waals surface area contributed by atoms with Gasteiger partial charge in [0.15, 0.2) is 0 Å². The second-order valence-electron chi connectivity index (χ2n) is 18.4. The highest BCUT2D eigenvalue weighted by Gasteiger charge is 2.33. The summed E-state index contributed by atoms with van der Waals surface area (Å²) >= 11 is 11.8. The number of esters is 1. The van der Waals surface area contributed by atoms with Gasteiger partial charge in [0.05, 0.1) is 23.6 Å². The number of hydrogen-bond acceptors (Lipinski definition) is 13. The Bertz CT molecular complexity index is 3030. The topological polar surface area (TPSA) is 256 Å². The zero-order chi connectivity index (χ0) is 53.2. The largest absolute Gasteiger partial charge is 0.469 e. The Labute approximate surface area is 436 Å². The van der Waals surface area contributed by atoms with Crippen LogP contribution in [0.1, 0.15) is 97.5 Å². The molecular formula is C53H58Cl2N8O11. The van der Waals surface area contributed by atoms with Crippen molar-refractivity contribution >= 4 is 110 Å². The number of aliphatic hydroxyl groups is 1. The summed E-state index contributed by atoms with van der Waals surface area (Å²) in [5, 5.41) is 22.4. The van der Waals surface area contributed by atoms with Gasteiger partial charge in [-0.25, -0.2) is 9.97 Å². The third kappa shape index (κ3) is 13.4. The number of nitrogens with one attached hydrogen (secondary N) is 4. The quantitative estimate of drug-likeness (QED) is 0.0641. The van der Waals surface area contributed by atoms with Crippen molar-refractivity contribution in [1.29, 1.82) is 0 Å². The molecule has 6 amide bonds. The van der Waals surface area contributed by atoms with Crippen LogP contribution in [-0.4, -0.2) is 106 Å². The third-order valence-corrected chi connectivity index (χ3v) is 14.0. The van der Waals surface area contributed by atoms with Gasteiger partial charge in [0.1, 0.15) is 34.2 Å². The zero-order valence-corrected chi connectivity index (χ0v) is 43.1. The molecule has 19 nitrogen and oxygen atoms in total. The van der Waals surface area contributed by atoms with Crippen molar-refractivity contribution in [3.8, 4) is 0 Å². The Balaban J connectivity index is 0.000000217. The minimum absolute atomic E-state index is 0.00337. The Morgan fingerprint density at radius 1 is 0.622 bits per heavy atom. The van der Waals surface area contributed by atoms with E-state index in [9.17, 15) is 38.7 Å². The monoisotopic (exact) mass is 1050 g/mol. The number of anilines is 4. The second kappa shape index (κ2) is 24.6. The number of carbonyl (C=O) groups is 7. The summed E-state index contributed by atoms with van der Waals surface area (Å²) in [4.78, 5) is 99.8. The van der Waals surface area contributed by atoms with Gasteiger partial charge in [0.2, 0.25) is 35.1 Å². The predicted octanol–water partition coefficient (Wildman–Crippen LogP) is 8.67. The number of rotatable bonds is 14. The third-order valence-electron chi connectivity index (χ3n) is 13.6. The molecule has 0 unspecified atom stereocenters. The Kier molecular flexibility index (Phi) is 18.1. The van der Waals surface area contributed by atoms with Gasteiger partial charge >= 0.3 is 5.97 Å². The van der Waals surface area contributed by atoms with Crippen LogP contribution >= 0.6 is 23.2 Å². The molecule has 8 rings (SSSR count). The molecule has 0 radical (unpaired) electrons. The number of aliphatic hydroxyl groups excluding tert-OH is 1. The smallest absolute Gasteiger partial charge is 0.309 e. The van der Waals surface area contributed by atoms with Crippen LogP contribution in [0.2, 0.25) is 10.0 Å². The molecule has 2 aliphatic rings. The molecule has 4 aromatic heterocycles. The van der Waals surface area contributed by atoms with Crippen LogP contribution < -0.4 is 21.3 Å². The summed E-state index contributed by atoms with van der Waals surface area (Å²) in [6, 6.07) is 16.9. The van der Waals surface area contributed by atoms with Crippen LogP contribution in [0, 0.1) is 11.8 Å². The minimum atomic E-state index is -0.604. The molecule has 390 valence electrons. The molecule has 0 spiro atoms. The van der Waals surface area contributed by atoms with Crippen LogP contribution in [-0.2, 0) is 41.6 Å². The number of methoxy groups -OCH3 is 1. The summed E-state index contributed by atoms with van der Waals surface area (Å²) in [7, 11) is 4.87. The zero-order valence-electron chi connectivity index (χ0n) is 41.6. The molecule has 0 aliphatic heterocycles. The summed E-state index contributed by atoms with van der Waals surface area (Å²) in [5.41, 5.74) is 2.79. The van der Waals surface area contributed by atoms with Gasteiger partial charge in [-0.3, -0.25) is 33.6 Å². The number of benzene rings is 2. The highest BCUT2D eigenvalue weighted by atomic mass is 35.5. The molecule has 6 aromatic rings. The number of amides is 6. The van der Waals surface area contributed by atoms with Gasteiger partial charge in [-0.15, -0.1) is 0 Å². The first kappa shape index (κ1) is 54.4. The Hall–Kier alpha value is -7.35. The van der Waals surface area contributed by atoms with Gasteiger partial charge < -0.3 is 49.7 Å². The van der Waals surface area contributed by atoms with Crippen molar-refractivity contribution in [3.05, 3.63) is 106 Å². The number of ether oxygens (including phenoxy) is 1. The maximum atomic E-state index is 13.3. The van der Waals surface area contributed by atoms with Crippen molar-refractivity contribution in [1.82, 2.24) is 19.8 Å². The molecule has 0 bridgehead atoms. The maximum absolute atomic E-state index is 13.3. The fraction of sp³-hybridized carbons (Fsp3) is 0.377. The van der Waals surface area contributed by atoms with E-state index in [-0.39, 0.29) is 95.1 Å². The van der Waals surface area contributed by atoms with Crippen molar-refractivity contribution in [2.45, 2.75) is 90.1 Å². The highest BCUT2D eigenvalue weighted by Crippen LogP contribution is 2.37. The van der Waals surface area contributed by atoms with Crippen LogP contribution in [0.5, 0.6) is 0 Å². The molecule has 21 heteroatoms. The van der Waals surface area contributed by atoms with E-state index in [0.717, 1.165) is 18.4 Å². The van der Waals surface area contributed by atoms with Gasteiger partial charge in [-0.2, -0.15) is 0 Å². The first-order valence-electron chi connectivity index (χ1n) is 24.2. The van der Waals surface area contributed by atoms with Gasteiger partial charge in [0, 0.05) is 81.6 Å². The van der Waals surface area contributed by atoms with Crippen molar-refractivity contribution < 1.29 is 52.2 Å². The lowest BCUT2D eigenvalue weighted by molar-refractivity contribution is -0.140. The number of carbonyl (C=O) groups excluding carboxylic acids is 7. The number of halogens is 2. The number of fused-ring (bicyclic) bond motifs is 2. The lowest BCUT2D eigenvalue weighted by Gasteiger charge is -2.33. The van der Waals surface area contributed by atoms with Crippen LogP contribution in [0.4, 0.5) is 23.0 Å². The first-order valence-corrected chi connectivity index (χ1v) is 24.9. The van der Waals surface area contributed by atoms with Crippen molar-refractivity contribution in [2.24, 2.45) is 11.8 Å². The van der Waals surface area contributed by atoms with E-state index in [4.69, 9.17) is 36.8 Å². The molecule has 74 heavy (non-hydrogen) atoms. The number of aromatic nitrogens is 2. The van der Waals surface area contributed by atoms with Gasteiger partial charge in [-0.1, -0.05) is 35.3 Å². The average Bonchev–Trinajstić information content (AvgIpc) is 3.94. The number of pyridine rings is 2. The number of furan rings is 2. The lowest BCUT2D eigenvalue weighted by atomic mass is 9.84. The Morgan fingerprint density at radius 2 is 1.04 bits per heavy atom. The van der Waals surface area contributed by atoms with Crippen LogP contribution in [0.15, 0.2) is 81.9 Å². The lowest BCUT2D eigenvalue weighted by Crippen LogP contribution is -2.40. The summed E-state index contributed by atoms with van der Waals surface area (Å²) in [6.07, 6.45) is 8.63. The molecule has 0 saturated heterocycles. The standard InChI is InChI=1S/C27H29ClN4O6.C26H29ClN4O5/c1-15(33)32(2)19-8-5-17(6-9-19)26(35)31-24-20-12-16(13-23(34)37-3)4-10-21(20)38-25(24)27(36)30-22-11-7-18(28)14-29-22;1-15(33)31(2)19-7-4-17(5-8-19)25(34)30-23-20-13-16(11-12-32)3-9-21(20)36-24(23)26(35)29-22-10-6-18(27)14-28-22/h4,7,10-12,14,17,19H,5-6,8-9,13H2,1-3H3,(H,31,35)(H,29,30,36);3,6,9-10,13-14,17,19,32H,4-5,7-8,11-12H2,1-2H3,(H,30,34)(H,28,29,35). The van der Waals surface area contributed by atoms with E-state index in [1.165, 1.54) is 26.4 Å². The number of hydrogen-bond donors (Lipinski definition) is 5.